The van der Waals surface area contributed by atoms with E-state index in [0.717, 1.165) is 25.0 Å². The van der Waals surface area contributed by atoms with E-state index in [1.165, 1.54) is 5.56 Å². The molecule has 5 heteroatoms. The third kappa shape index (κ3) is 3.61. The molecule has 0 radical (unpaired) electrons. The molecule has 0 unspecified atom stereocenters. The molecule has 0 saturated heterocycles. The minimum atomic E-state index is -0.171. The number of aromatic amines is 1. The highest BCUT2D eigenvalue weighted by Crippen LogP contribution is 2.15. The maximum atomic E-state index is 12.2. The zero-order chi connectivity index (χ0) is 15.4. The van der Waals surface area contributed by atoms with Gasteiger partial charge >= 0.3 is 0 Å². The highest BCUT2D eigenvalue weighted by atomic mass is 16.2. The van der Waals surface area contributed by atoms with Crippen molar-refractivity contribution in [3.8, 4) is 0 Å². The summed E-state index contributed by atoms with van der Waals surface area (Å²) in [5, 5.41) is 9.96. The monoisotopic (exact) mass is 297 g/mol. The van der Waals surface area contributed by atoms with Crippen LogP contribution in [0.4, 0.5) is 0 Å². The van der Waals surface area contributed by atoms with Crippen molar-refractivity contribution in [3.63, 3.8) is 0 Å². The van der Waals surface area contributed by atoms with Gasteiger partial charge in [-0.1, -0.05) is 30.3 Å². The molecular formula is C17H19N3O2. The number of Topliss-reactive ketones (excluding diaryl/α,β-unsaturated/α-hetero) is 1. The van der Waals surface area contributed by atoms with Gasteiger partial charge in [-0.3, -0.25) is 14.7 Å². The lowest BCUT2D eigenvalue weighted by atomic mass is 9.94. The predicted molar refractivity (Wildman–Crippen MR) is 82.6 cm³/mol. The molecule has 1 aliphatic carbocycles. The minimum absolute atomic E-state index is 0.0828. The summed E-state index contributed by atoms with van der Waals surface area (Å²) in [6, 6.07) is 11.9. The number of hydrogen-bond acceptors (Lipinski definition) is 3. The Hall–Kier alpha value is -2.43. The molecule has 0 spiro atoms. The Morgan fingerprint density at radius 3 is 2.68 bits per heavy atom. The van der Waals surface area contributed by atoms with Crippen molar-refractivity contribution in [2.75, 3.05) is 0 Å². The molecule has 1 aromatic carbocycles. The van der Waals surface area contributed by atoms with E-state index in [2.05, 4.69) is 15.5 Å². The van der Waals surface area contributed by atoms with E-state index in [4.69, 9.17) is 0 Å². The number of H-pyrrole nitrogens is 1. The van der Waals surface area contributed by atoms with Crippen molar-refractivity contribution in [3.05, 3.63) is 53.3 Å². The van der Waals surface area contributed by atoms with Gasteiger partial charge in [0, 0.05) is 31.0 Å². The summed E-state index contributed by atoms with van der Waals surface area (Å²) < 4.78 is 0. The van der Waals surface area contributed by atoms with Gasteiger partial charge in [0.25, 0.3) is 5.91 Å². The molecule has 2 aromatic rings. The summed E-state index contributed by atoms with van der Waals surface area (Å²) in [6.07, 6.45) is 3.30. The van der Waals surface area contributed by atoms with Crippen LogP contribution in [0, 0.1) is 0 Å². The quantitative estimate of drug-likeness (QED) is 0.909. The van der Waals surface area contributed by atoms with Crippen molar-refractivity contribution in [1.29, 1.82) is 0 Å². The summed E-state index contributed by atoms with van der Waals surface area (Å²) in [5.41, 5.74) is 2.49. The van der Waals surface area contributed by atoms with Gasteiger partial charge in [0.15, 0.2) is 0 Å². The van der Waals surface area contributed by atoms with Crippen LogP contribution in [0.5, 0.6) is 0 Å². The van der Waals surface area contributed by atoms with Gasteiger partial charge in [0.1, 0.15) is 11.5 Å². The standard InChI is InChI=1S/C17H19N3O2/c21-15-8-6-13(7-9-15)18-17(22)16-11-14(19-20-16)10-12-4-2-1-3-5-12/h1-5,11,13H,6-10H2,(H,18,22)(H,19,20). The van der Waals surface area contributed by atoms with E-state index in [1.54, 1.807) is 6.07 Å². The number of aromatic nitrogens is 2. The molecule has 1 aliphatic rings. The summed E-state index contributed by atoms with van der Waals surface area (Å²) in [4.78, 5) is 23.4. The van der Waals surface area contributed by atoms with Crippen LogP contribution in [-0.2, 0) is 11.2 Å². The first-order valence-corrected chi connectivity index (χ1v) is 7.61. The molecule has 3 rings (SSSR count). The Labute approximate surface area is 129 Å². The normalized spacial score (nSPS) is 15.7. The number of benzene rings is 1. The minimum Gasteiger partial charge on any atom is -0.348 e. The number of rotatable bonds is 4. The van der Waals surface area contributed by atoms with E-state index < -0.39 is 0 Å². The van der Waals surface area contributed by atoms with Crippen molar-refractivity contribution in [1.82, 2.24) is 15.5 Å². The molecule has 5 nitrogen and oxygen atoms in total. The van der Waals surface area contributed by atoms with Gasteiger partial charge in [0.2, 0.25) is 0 Å². The van der Waals surface area contributed by atoms with E-state index in [1.807, 2.05) is 30.3 Å². The second-order valence-corrected chi connectivity index (χ2v) is 5.73. The highest BCUT2D eigenvalue weighted by molar-refractivity contribution is 5.92. The van der Waals surface area contributed by atoms with Crippen LogP contribution < -0.4 is 5.32 Å². The predicted octanol–water partition coefficient (Wildman–Crippen LogP) is 2.24. The molecule has 0 atom stereocenters. The van der Waals surface area contributed by atoms with Crippen LogP contribution in [0.2, 0.25) is 0 Å². The topological polar surface area (TPSA) is 74.8 Å². The summed E-state index contributed by atoms with van der Waals surface area (Å²) in [5.74, 6) is 0.116. The lowest BCUT2D eigenvalue weighted by Gasteiger charge is -2.21. The Morgan fingerprint density at radius 1 is 1.23 bits per heavy atom. The first-order chi connectivity index (χ1) is 10.7. The van der Waals surface area contributed by atoms with Gasteiger partial charge in [-0.05, 0) is 24.5 Å². The molecule has 22 heavy (non-hydrogen) atoms. The molecular weight excluding hydrogens is 278 g/mol. The van der Waals surface area contributed by atoms with Gasteiger partial charge in [-0.2, -0.15) is 5.10 Å². The molecule has 2 N–H and O–H groups in total. The zero-order valence-electron chi connectivity index (χ0n) is 12.3. The number of carbonyl (C=O) groups is 2. The number of ketones is 1. The number of amides is 1. The van der Waals surface area contributed by atoms with Crippen molar-refractivity contribution < 1.29 is 9.59 Å². The fourth-order valence-electron chi connectivity index (χ4n) is 2.73. The van der Waals surface area contributed by atoms with Crippen LogP contribution in [-0.4, -0.2) is 27.9 Å². The first-order valence-electron chi connectivity index (χ1n) is 7.61. The molecule has 1 amide bonds. The van der Waals surface area contributed by atoms with Crippen molar-refractivity contribution >= 4 is 11.7 Å². The largest absolute Gasteiger partial charge is 0.348 e. The second kappa shape index (κ2) is 6.56. The van der Waals surface area contributed by atoms with Crippen LogP contribution in [0.15, 0.2) is 36.4 Å². The maximum Gasteiger partial charge on any atom is 0.271 e. The van der Waals surface area contributed by atoms with Gasteiger partial charge < -0.3 is 5.32 Å². The summed E-state index contributed by atoms with van der Waals surface area (Å²) in [7, 11) is 0. The molecule has 1 aromatic heterocycles. The van der Waals surface area contributed by atoms with E-state index in [9.17, 15) is 9.59 Å². The lowest BCUT2D eigenvalue weighted by molar-refractivity contribution is -0.120. The Balaban J connectivity index is 1.58. The SMILES string of the molecule is O=C1CCC(NC(=O)c2cc(Cc3ccccc3)[nH]n2)CC1. The Bertz CT molecular complexity index is 654. The average molecular weight is 297 g/mol. The lowest BCUT2D eigenvalue weighted by Crippen LogP contribution is -2.37. The molecule has 1 fully saturated rings. The van der Waals surface area contributed by atoms with Gasteiger partial charge in [-0.25, -0.2) is 0 Å². The van der Waals surface area contributed by atoms with E-state index in [0.29, 0.717) is 18.5 Å². The molecule has 1 saturated carbocycles. The summed E-state index contributed by atoms with van der Waals surface area (Å²) >= 11 is 0. The average Bonchev–Trinajstić information content (AvgIpc) is 2.99. The van der Waals surface area contributed by atoms with Gasteiger partial charge in [-0.15, -0.1) is 0 Å². The third-order valence-electron chi connectivity index (χ3n) is 3.98. The fraction of sp³-hybridized carbons (Fsp3) is 0.353. The van der Waals surface area contributed by atoms with E-state index in [-0.39, 0.29) is 17.7 Å². The van der Waals surface area contributed by atoms with E-state index >= 15 is 0 Å². The third-order valence-corrected chi connectivity index (χ3v) is 3.98. The summed E-state index contributed by atoms with van der Waals surface area (Å²) in [6.45, 7) is 0. The molecule has 0 bridgehead atoms. The van der Waals surface area contributed by atoms with Gasteiger partial charge in [0.05, 0.1) is 0 Å². The number of nitrogens with one attached hydrogen (secondary N) is 2. The highest BCUT2D eigenvalue weighted by Gasteiger charge is 2.21. The first kappa shape index (κ1) is 14.5. The maximum absolute atomic E-state index is 12.2. The Kier molecular flexibility index (Phi) is 4.32. The molecule has 0 aliphatic heterocycles. The Morgan fingerprint density at radius 2 is 1.95 bits per heavy atom. The number of hydrogen-bond donors (Lipinski definition) is 2. The smallest absolute Gasteiger partial charge is 0.271 e. The molecule has 1 heterocycles. The second-order valence-electron chi connectivity index (χ2n) is 5.73. The van der Waals surface area contributed by atoms with Crippen LogP contribution in [0.1, 0.15) is 47.4 Å². The number of carbonyl (C=O) groups excluding carboxylic acids is 2. The van der Waals surface area contributed by atoms with Crippen molar-refractivity contribution in [2.24, 2.45) is 0 Å². The van der Waals surface area contributed by atoms with Crippen molar-refractivity contribution in [2.45, 2.75) is 38.1 Å². The van der Waals surface area contributed by atoms with Crippen LogP contribution >= 0.6 is 0 Å². The zero-order valence-corrected chi connectivity index (χ0v) is 12.3. The molecule has 114 valence electrons. The fourth-order valence-corrected chi connectivity index (χ4v) is 2.73. The van der Waals surface area contributed by atoms with Crippen LogP contribution in [0.25, 0.3) is 0 Å². The van der Waals surface area contributed by atoms with Crippen LogP contribution in [0.3, 0.4) is 0 Å². The number of nitrogens with zero attached hydrogens (tertiary/aromatic N) is 1.